The van der Waals surface area contributed by atoms with Crippen LogP contribution in [0.5, 0.6) is 11.5 Å². The van der Waals surface area contributed by atoms with E-state index in [1.54, 1.807) is 0 Å². The van der Waals surface area contributed by atoms with Crippen LogP contribution >= 0.6 is 0 Å². The van der Waals surface area contributed by atoms with E-state index in [-0.39, 0.29) is 0 Å². The summed E-state index contributed by atoms with van der Waals surface area (Å²) >= 11 is 0. The number of hydrogen-bond donors (Lipinski definition) is 2. The van der Waals surface area contributed by atoms with Crippen LogP contribution in [0.3, 0.4) is 0 Å². The Morgan fingerprint density at radius 1 is 0.880 bits per heavy atom. The van der Waals surface area contributed by atoms with Crippen LogP contribution in [0.4, 0.5) is 0 Å². The normalized spacial score (nSPS) is 11.1. The van der Waals surface area contributed by atoms with Gasteiger partial charge < -0.3 is 4.74 Å². The molecular formula is C15H16O8S2. The SMILES string of the molecule is C=CCc1ccccc1Oc1ccccc1.O=S(=O)(O)OS(=O)(=O)O. The molecule has 0 aliphatic heterocycles. The molecule has 0 radical (unpaired) electrons. The molecule has 0 heterocycles. The zero-order valence-electron chi connectivity index (χ0n) is 12.8. The second-order valence-electron chi connectivity index (χ2n) is 4.44. The maximum Gasteiger partial charge on any atom is 0.413 e. The van der Waals surface area contributed by atoms with Crippen molar-refractivity contribution in [3.63, 3.8) is 0 Å². The van der Waals surface area contributed by atoms with Crippen molar-refractivity contribution in [2.24, 2.45) is 0 Å². The minimum absolute atomic E-state index is 0.822. The van der Waals surface area contributed by atoms with E-state index in [2.05, 4.69) is 16.3 Å². The summed E-state index contributed by atoms with van der Waals surface area (Å²) in [6, 6.07) is 17.8. The van der Waals surface area contributed by atoms with Crippen LogP contribution in [0.15, 0.2) is 67.3 Å². The standard InChI is InChI=1S/C15H14O.H2O7S2/c1-2-8-13-9-6-7-12-15(13)16-14-10-4-3-5-11-14;1-8(2,3)7-9(4,5)6/h2-7,9-12H,1,8H2;(H,1,2,3)(H,4,5,6). The molecule has 2 aromatic carbocycles. The Morgan fingerprint density at radius 2 is 1.40 bits per heavy atom. The highest BCUT2D eigenvalue weighted by Crippen LogP contribution is 2.25. The van der Waals surface area contributed by atoms with Crippen LogP contribution in [-0.2, 0) is 30.8 Å². The van der Waals surface area contributed by atoms with Crippen LogP contribution in [0.1, 0.15) is 5.56 Å². The lowest BCUT2D eigenvalue weighted by Crippen LogP contribution is -2.10. The Balaban J connectivity index is 0.000000299. The minimum atomic E-state index is -5.12. The average molecular weight is 388 g/mol. The highest BCUT2D eigenvalue weighted by molar-refractivity contribution is 7.94. The van der Waals surface area contributed by atoms with E-state index >= 15 is 0 Å². The van der Waals surface area contributed by atoms with Crippen molar-refractivity contribution in [1.29, 1.82) is 0 Å². The van der Waals surface area contributed by atoms with Crippen LogP contribution in [0.2, 0.25) is 0 Å². The molecule has 0 atom stereocenters. The van der Waals surface area contributed by atoms with Gasteiger partial charge in [0.05, 0.1) is 0 Å². The van der Waals surface area contributed by atoms with Gasteiger partial charge in [0.15, 0.2) is 0 Å². The zero-order valence-corrected chi connectivity index (χ0v) is 14.5. The topological polar surface area (TPSA) is 127 Å². The predicted molar refractivity (Wildman–Crippen MR) is 91.0 cm³/mol. The Morgan fingerprint density at radius 3 is 1.88 bits per heavy atom. The van der Waals surface area contributed by atoms with E-state index in [9.17, 15) is 16.8 Å². The van der Waals surface area contributed by atoms with Gasteiger partial charge >= 0.3 is 20.8 Å². The Labute approximate surface area is 146 Å². The summed E-state index contributed by atoms with van der Waals surface area (Å²) in [6.45, 7) is 3.75. The number of rotatable bonds is 6. The lowest BCUT2D eigenvalue weighted by atomic mass is 10.1. The van der Waals surface area contributed by atoms with Gasteiger partial charge in [-0.25, -0.2) is 0 Å². The van der Waals surface area contributed by atoms with Gasteiger partial charge in [0.1, 0.15) is 11.5 Å². The summed E-state index contributed by atoms with van der Waals surface area (Å²) < 4.78 is 61.4. The Kier molecular flexibility index (Phi) is 7.74. The van der Waals surface area contributed by atoms with Crippen molar-refractivity contribution >= 4 is 20.8 Å². The fourth-order valence-electron chi connectivity index (χ4n) is 1.65. The van der Waals surface area contributed by atoms with E-state index in [0.29, 0.717) is 0 Å². The predicted octanol–water partition coefficient (Wildman–Crippen LogP) is 2.82. The van der Waals surface area contributed by atoms with Gasteiger partial charge in [0, 0.05) is 0 Å². The minimum Gasteiger partial charge on any atom is -0.457 e. The molecule has 0 spiro atoms. The number of benzene rings is 2. The van der Waals surface area contributed by atoms with Crippen LogP contribution in [0, 0.1) is 0 Å². The van der Waals surface area contributed by atoms with Crippen molar-refractivity contribution in [3.8, 4) is 11.5 Å². The largest absolute Gasteiger partial charge is 0.457 e. The number of hydrogen-bond acceptors (Lipinski definition) is 6. The summed E-state index contributed by atoms with van der Waals surface area (Å²) in [5, 5.41) is 0. The zero-order chi connectivity index (χ0) is 18.9. The highest BCUT2D eigenvalue weighted by atomic mass is 32.3. The number of para-hydroxylation sites is 2. The average Bonchev–Trinajstić information content (AvgIpc) is 2.47. The van der Waals surface area contributed by atoms with Crippen molar-refractivity contribution < 1.29 is 34.3 Å². The summed E-state index contributed by atoms with van der Waals surface area (Å²) in [5.41, 5.74) is 1.15. The molecule has 0 unspecified atom stereocenters. The van der Waals surface area contributed by atoms with E-state index in [4.69, 9.17) is 13.8 Å². The van der Waals surface area contributed by atoms with Crippen molar-refractivity contribution in [2.45, 2.75) is 6.42 Å². The first-order valence-corrected chi connectivity index (χ1v) is 9.41. The van der Waals surface area contributed by atoms with Gasteiger partial charge in [-0.15, -0.1) is 10.2 Å². The molecule has 0 bridgehead atoms. The third-order valence-corrected chi connectivity index (χ3v) is 3.86. The molecule has 0 aliphatic carbocycles. The van der Waals surface area contributed by atoms with Gasteiger partial charge in [-0.2, -0.15) is 16.8 Å². The monoisotopic (exact) mass is 388 g/mol. The van der Waals surface area contributed by atoms with Crippen LogP contribution in [0.25, 0.3) is 0 Å². The van der Waals surface area contributed by atoms with Crippen molar-refractivity contribution in [1.82, 2.24) is 0 Å². The quantitative estimate of drug-likeness (QED) is 0.571. The van der Waals surface area contributed by atoms with Crippen LogP contribution < -0.4 is 4.74 Å². The van der Waals surface area contributed by atoms with Gasteiger partial charge in [0.25, 0.3) is 0 Å². The molecule has 2 rings (SSSR count). The first kappa shape index (κ1) is 20.8. The van der Waals surface area contributed by atoms with Gasteiger partial charge in [-0.3, -0.25) is 9.11 Å². The van der Waals surface area contributed by atoms with Crippen molar-refractivity contribution in [3.05, 3.63) is 72.8 Å². The first-order chi connectivity index (χ1) is 11.6. The Hall–Kier alpha value is -2.24. The van der Waals surface area contributed by atoms with E-state index < -0.39 is 20.8 Å². The molecule has 0 fully saturated rings. The summed E-state index contributed by atoms with van der Waals surface area (Å²) in [7, 11) is -10.2. The summed E-state index contributed by atoms with van der Waals surface area (Å²) in [4.78, 5) is 0. The van der Waals surface area contributed by atoms with Gasteiger partial charge in [0.2, 0.25) is 0 Å². The van der Waals surface area contributed by atoms with E-state index in [1.807, 2.05) is 54.6 Å². The second-order valence-corrected chi connectivity index (χ2v) is 6.69. The van der Waals surface area contributed by atoms with E-state index in [1.165, 1.54) is 0 Å². The third-order valence-electron chi connectivity index (χ3n) is 2.48. The first-order valence-electron chi connectivity index (χ1n) is 6.68. The fraction of sp³-hybridized carbons (Fsp3) is 0.0667. The molecule has 8 nitrogen and oxygen atoms in total. The maximum absolute atomic E-state index is 9.44. The molecule has 0 saturated carbocycles. The second kappa shape index (κ2) is 9.30. The highest BCUT2D eigenvalue weighted by Gasteiger charge is 2.15. The molecule has 136 valence electrons. The Bertz CT molecular complexity index is 860. The molecule has 0 saturated heterocycles. The molecule has 2 N–H and O–H groups in total. The van der Waals surface area contributed by atoms with Crippen LogP contribution in [-0.4, -0.2) is 25.9 Å². The molecule has 2 aromatic rings. The fourth-order valence-corrected chi connectivity index (χ4v) is 2.52. The number of allylic oxidation sites excluding steroid dienone is 1. The maximum atomic E-state index is 9.44. The third kappa shape index (κ3) is 9.59. The van der Waals surface area contributed by atoms with Gasteiger partial charge in [-0.1, -0.05) is 42.5 Å². The summed E-state index contributed by atoms with van der Waals surface area (Å²) in [6.07, 6.45) is 2.70. The lowest BCUT2D eigenvalue weighted by Gasteiger charge is -2.09. The smallest absolute Gasteiger partial charge is 0.413 e. The summed E-state index contributed by atoms with van der Waals surface area (Å²) in [5.74, 6) is 1.76. The molecular weight excluding hydrogens is 372 g/mol. The van der Waals surface area contributed by atoms with Crippen molar-refractivity contribution in [2.75, 3.05) is 0 Å². The molecule has 0 aromatic heterocycles. The molecule has 10 heteroatoms. The molecule has 0 amide bonds. The lowest BCUT2D eigenvalue weighted by molar-refractivity contribution is 0.344. The van der Waals surface area contributed by atoms with Gasteiger partial charge in [-0.05, 0) is 30.2 Å². The molecule has 0 aliphatic rings. The van der Waals surface area contributed by atoms with E-state index in [0.717, 1.165) is 23.5 Å². The number of ether oxygens (including phenoxy) is 1. The molecule has 25 heavy (non-hydrogen) atoms.